The van der Waals surface area contributed by atoms with E-state index in [1.54, 1.807) is 12.1 Å². The molecule has 1 heterocycles. The number of alkyl halides is 3. The van der Waals surface area contributed by atoms with Crippen molar-refractivity contribution >= 4 is 11.6 Å². The van der Waals surface area contributed by atoms with Crippen molar-refractivity contribution in [1.29, 1.82) is 0 Å². The molecule has 0 aliphatic carbocycles. The molecule has 3 rings (SSSR count). The highest BCUT2D eigenvalue weighted by atomic mass is 19.4. The van der Waals surface area contributed by atoms with Gasteiger partial charge in [0.25, 0.3) is 5.91 Å². The number of aryl methyl sites for hydroxylation is 1. The van der Waals surface area contributed by atoms with Crippen molar-refractivity contribution < 1.29 is 22.5 Å². The first-order chi connectivity index (χ1) is 11.8. The van der Waals surface area contributed by atoms with E-state index < -0.39 is 17.6 Å². The number of benzene rings is 2. The van der Waals surface area contributed by atoms with Crippen LogP contribution in [0.4, 0.5) is 18.9 Å². The fourth-order valence-corrected chi connectivity index (χ4v) is 2.33. The van der Waals surface area contributed by atoms with E-state index in [1.807, 2.05) is 18.2 Å². The van der Waals surface area contributed by atoms with E-state index >= 15 is 0 Å². The molecule has 0 aliphatic heterocycles. The number of hydrogen-bond acceptors (Lipinski definition) is 3. The number of nitrogens with one attached hydrogen (secondary N) is 1. The lowest BCUT2D eigenvalue weighted by Gasteiger charge is -2.12. The van der Waals surface area contributed by atoms with Gasteiger partial charge in [-0.3, -0.25) is 4.79 Å². The Hall–Kier alpha value is -3.09. The fourth-order valence-electron chi connectivity index (χ4n) is 2.33. The first-order valence-electron chi connectivity index (χ1n) is 7.36. The maximum absolute atomic E-state index is 12.9. The summed E-state index contributed by atoms with van der Waals surface area (Å²) in [6.45, 7) is 1.36. The van der Waals surface area contributed by atoms with Gasteiger partial charge in [-0.15, -0.1) is 0 Å². The second-order valence-corrected chi connectivity index (χ2v) is 5.42. The van der Waals surface area contributed by atoms with E-state index in [0.717, 1.165) is 11.6 Å². The molecule has 0 bridgehead atoms. The van der Waals surface area contributed by atoms with E-state index in [1.165, 1.54) is 25.1 Å². The molecule has 0 saturated heterocycles. The summed E-state index contributed by atoms with van der Waals surface area (Å²) in [6.07, 6.45) is -4.49. The van der Waals surface area contributed by atoms with Gasteiger partial charge in [-0.25, -0.2) is 0 Å². The van der Waals surface area contributed by atoms with Crippen LogP contribution in [-0.4, -0.2) is 11.1 Å². The lowest BCUT2D eigenvalue weighted by atomic mass is 10.1. The second-order valence-electron chi connectivity index (χ2n) is 5.42. The SMILES string of the molecule is Cc1ccc(NC(=O)c2cc(-c3ccccc3)no2)cc1C(F)(F)F. The van der Waals surface area contributed by atoms with Crippen LogP contribution in [0.25, 0.3) is 11.3 Å². The predicted octanol–water partition coefficient (Wildman–Crippen LogP) is 4.92. The van der Waals surface area contributed by atoms with Gasteiger partial charge < -0.3 is 9.84 Å². The molecule has 1 amide bonds. The second kappa shape index (κ2) is 6.43. The molecule has 128 valence electrons. The summed E-state index contributed by atoms with van der Waals surface area (Å²) in [4.78, 5) is 12.2. The van der Waals surface area contributed by atoms with Crippen LogP contribution in [0, 0.1) is 6.92 Å². The number of hydrogen-bond donors (Lipinski definition) is 1. The molecule has 0 saturated carbocycles. The standard InChI is InChI=1S/C18H13F3N2O2/c1-11-7-8-13(9-14(11)18(19,20)21)22-17(24)16-10-15(23-25-16)12-5-3-2-4-6-12/h2-10H,1H3,(H,22,24). The molecular formula is C18H13F3N2O2. The molecule has 0 spiro atoms. The summed E-state index contributed by atoms with van der Waals surface area (Å²) < 4.78 is 43.8. The number of carbonyl (C=O) groups excluding carboxylic acids is 1. The lowest BCUT2D eigenvalue weighted by Crippen LogP contribution is -2.13. The highest BCUT2D eigenvalue weighted by Gasteiger charge is 2.32. The summed E-state index contributed by atoms with van der Waals surface area (Å²) in [6, 6.07) is 14.1. The van der Waals surface area contributed by atoms with Crippen LogP contribution >= 0.6 is 0 Å². The third kappa shape index (κ3) is 3.71. The Balaban J connectivity index is 1.81. The van der Waals surface area contributed by atoms with Crippen molar-refractivity contribution in [3.8, 4) is 11.3 Å². The Labute approximate surface area is 141 Å². The molecule has 0 unspecified atom stereocenters. The normalized spacial score (nSPS) is 11.4. The first-order valence-corrected chi connectivity index (χ1v) is 7.36. The van der Waals surface area contributed by atoms with Crippen LogP contribution in [0.5, 0.6) is 0 Å². The van der Waals surface area contributed by atoms with Crippen LogP contribution in [0.2, 0.25) is 0 Å². The van der Waals surface area contributed by atoms with Crippen molar-refractivity contribution in [3.05, 3.63) is 71.5 Å². The van der Waals surface area contributed by atoms with Crippen LogP contribution in [0.15, 0.2) is 59.1 Å². The van der Waals surface area contributed by atoms with Crippen molar-refractivity contribution in [3.63, 3.8) is 0 Å². The highest BCUT2D eigenvalue weighted by molar-refractivity contribution is 6.02. The van der Waals surface area contributed by atoms with Gasteiger partial charge in [-0.1, -0.05) is 41.6 Å². The molecule has 25 heavy (non-hydrogen) atoms. The molecule has 3 aromatic rings. The molecule has 2 aromatic carbocycles. The molecule has 0 fully saturated rings. The maximum Gasteiger partial charge on any atom is 0.416 e. The van der Waals surface area contributed by atoms with Gasteiger partial charge in [0.05, 0.1) is 5.56 Å². The van der Waals surface area contributed by atoms with E-state index in [0.29, 0.717) is 5.69 Å². The molecule has 0 radical (unpaired) electrons. The Kier molecular flexibility index (Phi) is 4.31. The fraction of sp³-hybridized carbons (Fsp3) is 0.111. The zero-order valence-electron chi connectivity index (χ0n) is 13.1. The minimum atomic E-state index is -4.49. The van der Waals surface area contributed by atoms with Crippen molar-refractivity contribution in [2.24, 2.45) is 0 Å². The van der Waals surface area contributed by atoms with Gasteiger partial charge in [-0.05, 0) is 24.6 Å². The zero-order valence-corrected chi connectivity index (χ0v) is 13.1. The van der Waals surface area contributed by atoms with Crippen molar-refractivity contribution in [2.45, 2.75) is 13.1 Å². The van der Waals surface area contributed by atoms with Gasteiger partial charge in [0, 0.05) is 17.3 Å². The number of rotatable bonds is 3. The molecule has 1 N–H and O–H groups in total. The number of carbonyl (C=O) groups is 1. The van der Waals surface area contributed by atoms with E-state index in [-0.39, 0.29) is 17.0 Å². The van der Waals surface area contributed by atoms with E-state index in [9.17, 15) is 18.0 Å². The van der Waals surface area contributed by atoms with E-state index in [4.69, 9.17) is 4.52 Å². The van der Waals surface area contributed by atoms with Gasteiger partial charge in [0.15, 0.2) is 0 Å². The van der Waals surface area contributed by atoms with Gasteiger partial charge in [0.2, 0.25) is 5.76 Å². The number of halogens is 3. The monoisotopic (exact) mass is 346 g/mol. The van der Waals surface area contributed by atoms with Gasteiger partial charge in [-0.2, -0.15) is 13.2 Å². The predicted molar refractivity (Wildman–Crippen MR) is 86.1 cm³/mol. The summed E-state index contributed by atoms with van der Waals surface area (Å²) in [5, 5.41) is 6.19. The minimum absolute atomic E-state index is 0.0283. The van der Waals surface area contributed by atoms with Crippen LogP contribution in [0.1, 0.15) is 21.7 Å². The Morgan fingerprint density at radius 2 is 1.80 bits per heavy atom. The smallest absolute Gasteiger partial charge is 0.350 e. The third-order valence-electron chi connectivity index (χ3n) is 3.60. The maximum atomic E-state index is 12.9. The molecule has 0 atom stereocenters. The number of anilines is 1. The average molecular weight is 346 g/mol. The van der Waals surface area contributed by atoms with Crippen LogP contribution in [0.3, 0.4) is 0 Å². The zero-order chi connectivity index (χ0) is 18.0. The number of amides is 1. The molecule has 7 heteroatoms. The van der Waals surface area contributed by atoms with Gasteiger partial charge >= 0.3 is 6.18 Å². The molecule has 1 aromatic heterocycles. The van der Waals surface area contributed by atoms with Crippen molar-refractivity contribution in [2.75, 3.05) is 5.32 Å². The quantitative estimate of drug-likeness (QED) is 0.732. The highest BCUT2D eigenvalue weighted by Crippen LogP contribution is 2.33. The summed E-state index contributed by atoms with van der Waals surface area (Å²) in [7, 11) is 0. The number of nitrogens with zero attached hydrogens (tertiary/aromatic N) is 1. The topological polar surface area (TPSA) is 55.1 Å². The lowest BCUT2D eigenvalue weighted by molar-refractivity contribution is -0.138. The summed E-state index contributed by atoms with van der Waals surface area (Å²) in [5.74, 6) is -0.764. The Bertz CT molecular complexity index is 902. The minimum Gasteiger partial charge on any atom is -0.350 e. The van der Waals surface area contributed by atoms with Gasteiger partial charge in [0.1, 0.15) is 5.69 Å². The Morgan fingerprint density at radius 1 is 1.08 bits per heavy atom. The first kappa shape index (κ1) is 16.8. The van der Waals surface area contributed by atoms with Crippen LogP contribution in [-0.2, 0) is 6.18 Å². The largest absolute Gasteiger partial charge is 0.416 e. The molecule has 4 nitrogen and oxygen atoms in total. The number of aromatic nitrogens is 1. The molecular weight excluding hydrogens is 333 g/mol. The Morgan fingerprint density at radius 3 is 2.48 bits per heavy atom. The van der Waals surface area contributed by atoms with Crippen LogP contribution < -0.4 is 5.32 Å². The average Bonchev–Trinajstić information content (AvgIpc) is 3.06. The summed E-state index contributed by atoms with van der Waals surface area (Å²) in [5.41, 5.74) is 0.538. The van der Waals surface area contributed by atoms with E-state index in [2.05, 4.69) is 10.5 Å². The third-order valence-corrected chi connectivity index (χ3v) is 3.60. The van der Waals surface area contributed by atoms with Crippen molar-refractivity contribution in [1.82, 2.24) is 5.16 Å². The molecule has 0 aliphatic rings. The summed E-state index contributed by atoms with van der Waals surface area (Å²) >= 11 is 0.